The van der Waals surface area contributed by atoms with E-state index in [1.165, 1.54) is 23.9 Å². The van der Waals surface area contributed by atoms with Crippen molar-refractivity contribution in [1.29, 1.82) is 0 Å². The molecule has 0 radical (unpaired) electrons. The van der Waals surface area contributed by atoms with Crippen LogP contribution in [0.2, 0.25) is 0 Å². The van der Waals surface area contributed by atoms with Gasteiger partial charge in [-0.25, -0.2) is 18.0 Å². The van der Waals surface area contributed by atoms with E-state index in [1.807, 2.05) is 0 Å². The number of nitrogens with zero attached hydrogens (tertiary/aromatic N) is 2. The fourth-order valence-corrected chi connectivity index (χ4v) is 6.39. The summed E-state index contributed by atoms with van der Waals surface area (Å²) in [6.45, 7) is 1.64. The summed E-state index contributed by atoms with van der Waals surface area (Å²) in [5.41, 5.74) is 0.0922. The highest BCUT2D eigenvalue weighted by molar-refractivity contribution is 7.91. The minimum Gasteiger partial charge on any atom is -0.494 e. The lowest BCUT2D eigenvalue weighted by atomic mass is 10.0. The Morgan fingerprint density at radius 2 is 1.96 bits per heavy atom. The second kappa shape index (κ2) is 8.03. The van der Waals surface area contributed by atoms with Crippen molar-refractivity contribution in [3.8, 4) is 5.75 Å². The van der Waals surface area contributed by atoms with Gasteiger partial charge in [-0.2, -0.15) is 4.31 Å². The third-order valence-corrected chi connectivity index (χ3v) is 8.14. The van der Waals surface area contributed by atoms with Gasteiger partial charge in [0.1, 0.15) is 5.56 Å². The van der Waals surface area contributed by atoms with Crippen LogP contribution in [0.1, 0.15) is 29.6 Å². The van der Waals surface area contributed by atoms with Crippen LogP contribution in [0.4, 0.5) is 4.79 Å². The third-order valence-electron chi connectivity index (χ3n) is 4.77. The zero-order chi connectivity index (χ0) is 19.6. The number of sulfonamides is 1. The van der Waals surface area contributed by atoms with Crippen LogP contribution >= 0.6 is 11.3 Å². The van der Waals surface area contributed by atoms with E-state index in [9.17, 15) is 18.0 Å². The molecule has 9 nitrogen and oxygen atoms in total. The molecule has 1 amide bonds. The predicted molar refractivity (Wildman–Crippen MR) is 96.7 cm³/mol. The quantitative estimate of drug-likeness (QED) is 0.668. The fourth-order valence-electron chi connectivity index (χ4n) is 3.36. The molecule has 0 atom stereocenters. The van der Waals surface area contributed by atoms with Crippen molar-refractivity contribution in [3.05, 3.63) is 10.9 Å². The Kier molecular flexibility index (Phi) is 5.92. The summed E-state index contributed by atoms with van der Waals surface area (Å²) in [6.07, 6.45) is 1.52. The minimum absolute atomic E-state index is 0.00795. The Hall–Kier alpha value is -1.85. The zero-order valence-corrected chi connectivity index (χ0v) is 16.8. The molecule has 0 aliphatic carbocycles. The molecular formula is C16H22N2O7S2. The second-order valence-electron chi connectivity index (χ2n) is 6.26. The van der Waals surface area contributed by atoms with Crippen molar-refractivity contribution < 1.29 is 32.2 Å². The number of piperidine rings is 1. The smallest absolute Gasteiger partial charge is 0.410 e. The van der Waals surface area contributed by atoms with Crippen molar-refractivity contribution >= 4 is 33.4 Å². The molecule has 0 unspecified atom stereocenters. The Labute approximate surface area is 161 Å². The summed E-state index contributed by atoms with van der Waals surface area (Å²) >= 11 is 0.934. The van der Waals surface area contributed by atoms with E-state index in [0.717, 1.165) is 17.8 Å². The number of carbonyl (C=O) groups excluding carboxylic acids is 2. The topological polar surface area (TPSA) is 102 Å². The van der Waals surface area contributed by atoms with Crippen LogP contribution in [0.15, 0.2) is 9.59 Å². The average molecular weight is 418 g/mol. The van der Waals surface area contributed by atoms with Crippen LogP contribution in [0.3, 0.4) is 0 Å². The first-order valence-corrected chi connectivity index (χ1v) is 10.9. The third kappa shape index (κ3) is 3.76. The molecule has 2 fully saturated rings. The monoisotopic (exact) mass is 418 g/mol. The van der Waals surface area contributed by atoms with E-state index in [-0.39, 0.29) is 40.7 Å². The van der Waals surface area contributed by atoms with Gasteiger partial charge in [-0.15, -0.1) is 11.3 Å². The zero-order valence-electron chi connectivity index (χ0n) is 15.2. The number of ether oxygens (including phenoxy) is 3. The Balaban J connectivity index is 1.75. The van der Waals surface area contributed by atoms with Crippen LogP contribution in [-0.2, 0) is 19.5 Å². The van der Waals surface area contributed by atoms with Gasteiger partial charge in [-0.1, -0.05) is 0 Å². The summed E-state index contributed by atoms with van der Waals surface area (Å²) < 4.78 is 42.4. The number of hydrogen-bond acceptors (Lipinski definition) is 8. The van der Waals surface area contributed by atoms with Gasteiger partial charge < -0.3 is 19.1 Å². The molecule has 1 aromatic rings. The van der Waals surface area contributed by atoms with Gasteiger partial charge in [0.25, 0.3) is 10.0 Å². The van der Waals surface area contributed by atoms with E-state index in [4.69, 9.17) is 9.47 Å². The lowest BCUT2D eigenvalue weighted by molar-refractivity contribution is 0.0442. The lowest BCUT2D eigenvalue weighted by Crippen LogP contribution is -2.50. The van der Waals surface area contributed by atoms with Crippen LogP contribution in [0.5, 0.6) is 5.75 Å². The molecule has 1 aromatic heterocycles. The van der Waals surface area contributed by atoms with Gasteiger partial charge in [-0.05, 0) is 19.3 Å². The summed E-state index contributed by atoms with van der Waals surface area (Å²) in [5, 5.41) is 1.42. The highest BCUT2D eigenvalue weighted by Crippen LogP contribution is 2.37. The largest absolute Gasteiger partial charge is 0.494 e. The molecule has 0 bridgehead atoms. The molecule has 3 rings (SSSR count). The van der Waals surface area contributed by atoms with Crippen LogP contribution < -0.4 is 4.74 Å². The number of amides is 1. The van der Waals surface area contributed by atoms with Gasteiger partial charge in [0.2, 0.25) is 0 Å². The summed E-state index contributed by atoms with van der Waals surface area (Å²) in [7, 11) is -1.26. The Morgan fingerprint density at radius 1 is 1.26 bits per heavy atom. The van der Waals surface area contributed by atoms with Crippen molar-refractivity contribution in [2.45, 2.75) is 29.5 Å². The first kappa shape index (κ1) is 19.9. The maximum absolute atomic E-state index is 13.0. The highest BCUT2D eigenvalue weighted by Gasteiger charge is 2.37. The van der Waals surface area contributed by atoms with Crippen molar-refractivity contribution in [1.82, 2.24) is 9.21 Å². The van der Waals surface area contributed by atoms with Gasteiger partial charge in [0.05, 0.1) is 20.8 Å². The molecule has 11 heteroatoms. The number of cyclic esters (lactones) is 1. The summed E-state index contributed by atoms with van der Waals surface area (Å²) in [6, 6.07) is -0.0277. The van der Waals surface area contributed by atoms with E-state index in [1.54, 1.807) is 4.90 Å². The van der Waals surface area contributed by atoms with E-state index in [2.05, 4.69) is 4.74 Å². The maximum atomic E-state index is 13.0. The molecule has 27 heavy (non-hydrogen) atoms. The fraction of sp³-hybridized carbons (Fsp3) is 0.625. The lowest BCUT2D eigenvalue weighted by Gasteiger charge is -2.38. The molecular weight excluding hydrogens is 396 g/mol. The van der Waals surface area contributed by atoms with Crippen molar-refractivity contribution in [2.75, 3.05) is 40.5 Å². The van der Waals surface area contributed by atoms with Gasteiger partial charge in [-0.3, -0.25) is 0 Å². The molecule has 0 aromatic carbocycles. The molecule has 0 saturated carbocycles. The van der Waals surface area contributed by atoms with Crippen molar-refractivity contribution in [3.63, 3.8) is 0 Å². The number of esters is 1. The number of rotatable bonds is 5. The van der Waals surface area contributed by atoms with Crippen LogP contribution in [0.25, 0.3) is 0 Å². The van der Waals surface area contributed by atoms with E-state index < -0.39 is 16.0 Å². The molecule has 2 saturated heterocycles. The molecule has 0 N–H and O–H groups in total. The normalized spacial score (nSPS) is 19.6. The van der Waals surface area contributed by atoms with E-state index in [0.29, 0.717) is 26.0 Å². The van der Waals surface area contributed by atoms with Gasteiger partial charge >= 0.3 is 12.1 Å². The Morgan fingerprint density at radius 3 is 2.56 bits per heavy atom. The molecule has 150 valence electrons. The van der Waals surface area contributed by atoms with Crippen molar-refractivity contribution in [2.24, 2.45) is 0 Å². The number of thiophene rings is 1. The Bertz CT molecular complexity index is 813. The molecule has 0 spiro atoms. The van der Waals surface area contributed by atoms with Gasteiger partial charge in [0, 0.05) is 31.1 Å². The van der Waals surface area contributed by atoms with Gasteiger partial charge in [0.15, 0.2) is 9.96 Å². The summed E-state index contributed by atoms with van der Waals surface area (Å²) in [5.74, 6) is -0.638. The second-order valence-corrected chi connectivity index (χ2v) is 9.27. The number of hydrogen-bond donors (Lipinski definition) is 0. The number of methoxy groups -OCH3 is 2. The highest BCUT2D eigenvalue weighted by atomic mass is 32.2. The molecule has 3 heterocycles. The maximum Gasteiger partial charge on any atom is 0.410 e. The standard InChI is InChI=1S/C16H22N2O7S2/c1-23-13-12(14(19)24-2)10-26-15(13)27(21,22)17-7-4-11(5-8-17)18-6-3-9-25-16(18)20/h10-11H,3-9H2,1-2H3. The van der Waals surface area contributed by atoms with Crippen LogP contribution in [0, 0.1) is 0 Å². The van der Waals surface area contributed by atoms with E-state index >= 15 is 0 Å². The predicted octanol–water partition coefficient (Wildman–Crippen LogP) is 1.54. The summed E-state index contributed by atoms with van der Waals surface area (Å²) in [4.78, 5) is 25.4. The molecule has 2 aliphatic rings. The SMILES string of the molecule is COC(=O)c1csc(S(=O)(=O)N2CCC(N3CCCOC3=O)CC2)c1OC. The molecule has 2 aliphatic heterocycles. The first-order chi connectivity index (χ1) is 12.9. The number of carbonyl (C=O) groups is 2. The average Bonchev–Trinajstić information content (AvgIpc) is 3.13. The van der Waals surface area contributed by atoms with Crippen LogP contribution in [-0.4, -0.2) is 76.2 Å². The minimum atomic E-state index is -3.81. The first-order valence-electron chi connectivity index (χ1n) is 8.57.